The van der Waals surface area contributed by atoms with Crippen LogP contribution in [-0.4, -0.2) is 35.1 Å². The molecule has 19 heavy (non-hydrogen) atoms. The van der Waals surface area contributed by atoms with Crippen LogP contribution in [0.3, 0.4) is 0 Å². The molecular formula is C15H18ClNO2. The molecule has 0 aromatic heterocycles. The Hall–Kier alpha value is -1.06. The van der Waals surface area contributed by atoms with E-state index in [9.17, 15) is 9.90 Å². The molecule has 1 unspecified atom stereocenters. The average Bonchev–Trinajstić information content (AvgIpc) is 2.63. The lowest BCUT2D eigenvalue weighted by molar-refractivity contribution is -0.146. The van der Waals surface area contributed by atoms with Gasteiger partial charge >= 0.3 is 5.97 Å². The molecule has 0 saturated carbocycles. The highest BCUT2D eigenvalue weighted by atomic mass is 35.5. The third kappa shape index (κ3) is 2.15. The summed E-state index contributed by atoms with van der Waals surface area (Å²) >= 11 is 5.92. The van der Waals surface area contributed by atoms with E-state index in [1.54, 1.807) is 0 Å². The Morgan fingerprint density at radius 3 is 2.63 bits per heavy atom. The van der Waals surface area contributed by atoms with Crippen molar-refractivity contribution in [3.8, 4) is 0 Å². The first-order valence-electron chi connectivity index (χ1n) is 6.78. The second-order valence-corrected chi connectivity index (χ2v) is 6.16. The first-order valence-corrected chi connectivity index (χ1v) is 7.16. The minimum atomic E-state index is -0.669. The molecule has 2 bridgehead atoms. The Bertz CT molecular complexity index is 487. The molecule has 4 heteroatoms. The summed E-state index contributed by atoms with van der Waals surface area (Å²) in [6, 6.07) is 8.38. The van der Waals surface area contributed by atoms with Crippen molar-refractivity contribution in [3.63, 3.8) is 0 Å². The van der Waals surface area contributed by atoms with Crippen LogP contribution in [0.15, 0.2) is 24.3 Å². The average molecular weight is 280 g/mol. The smallest absolute Gasteiger partial charge is 0.308 e. The first kappa shape index (κ1) is 12.9. The van der Waals surface area contributed by atoms with Crippen LogP contribution in [0.25, 0.3) is 0 Å². The van der Waals surface area contributed by atoms with E-state index >= 15 is 0 Å². The molecule has 4 atom stereocenters. The van der Waals surface area contributed by atoms with Gasteiger partial charge in [0.25, 0.3) is 0 Å². The molecule has 0 radical (unpaired) electrons. The van der Waals surface area contributed by atoms with Gasteiger partial charge in [-0.05, 0) is 44.0 Å². The summed E-state index contributed by atoms with van der Waals surface area (Å²) in [5.74, 6) is -0.856. The molecule has 1 aromatic rings. The third-order valence-electron chi connectivity index (χ3n) is 4.85. The highest BCUT2D eigenvalue weighted by molar-refractivity contribution is 6.30. The zero-order chi connectivity index (χ0) is 13.6. The normalized spacial score (nSPS) is 34.4. The van der Waals surface area contributed by atoms with E-state index in [1.807, 2.05) is 24.3 Å². The summed E-state index contributed by atoms with van der Waals surface area (Å²) in [4.78, 5) is 14.0. The minimum absolute atomic E-state index is 0.114. The van der Waals surface area contributed by atoms with E-state index in [0.29, 0.717) is 11.1 Å². The van der Waals surface area contributed by atoms with Gasteiger partial charge in [0.2, 0.25) is 0 Å². The van der Waals surface area contributed by atoms with Gasteiger partial charge in [0.1, 0.15) is 0 Å². The summed E-state index contributed by atoms with van der Waals surface area (Å²) in [6.45, 7) is 0. The van der Waals surface area contributed by atoms with Crippen LogP contribution < -0.4 is 0 Å². The van der Waals surface area contributed by atoms with Gasteiger partial charge in [-0.15, -0.1) is 0 Å². The molecule has 2 aliphatic heterocycles. The molecule has 1 N–H and O–H groups in total. The zero-order valence-corrected chi connectivity index (χ0v) is 11.7. The number of aliphatic carboxylic acids is 1. The van der Waals surface area contributed by atoms with Crippen molar-refractivity contribution in [1.82, 2.24) is 4.90 Å². The second-order valence-electron chi connectivity index (χ2n) is 5.72. The van der Waals surface area contributed by atoms with Gasteiger partial charge in [0.15, 0.2) is 0 Å². The predicted molar refractivity (Wildman–Crippen MR) is 74.5 cm³/mol. The molecule has 0 spiro atoms. The molecule has 0 aliphatic carbocycles. The molecule has 0 amide bonds. The van der Waals surface area contributed by atoms with E-state index in [-0.39, 0.29) is 17.9 Å². The largest absolute Gasteiger partial charge is 0.481 e. The first-order chi connectivity index (χ1) is 9.08. The fourth-order valence-corrected chi connectivity index (χ4v) is 3.98. The molecule has 2 fully saturated rings. The van der Waals surface area contributed by atoms with Crippen LogP contribution in [0.1, 0.15) is 30.7 Å². The number of halogens is 1. The number of hydrogen-bond donors (Lipinski definition) is 1. The molecule has 102 valence electrons. The molecular weight excluding hydrogens is 262 g/mol. The van der Waals surface area contributed by atoms with E-state index < -0.39 is 5.97 Å². The Kier molecular flexibility index (Phi) is 3.27. The number of benzene rings is 1. The molecule has 1 aromatic carbocycles. The highest BCUT2D eigenvalue weighted by Gasteiger charge is 2.49. The fraction of sp³-hybridized carbons (Fsp3) is 0.533. The van der Waals surface area contributed by atoms with Gasteiger partial charge in [-0.3, -0.25) is 9.69 Å². The Morgan fingerprint density at radius 1 is 1.32 bits per heavy atom. The maximum Gasteiger partial charge on any atom is 0.308 e. The number of carbonyl (C=O) groups is 1. The van der Waals surface area contributed by atoms with Gasteiger partial charge in [0.05, 0.1) is 5.92 Å². The Morgan fingerprint density at radius 2 is 2.00 bits per heavy atom. The van der Waals surface area contributed by atoms with Crippen LogP contribution in [0, 0.1) is 5.92 Å². The van der Waals surface area contributed by atoms with Crippen molar-refractivity contribution in [2.45, 2.75) is 37.3 Å². The van der Waals surface area contributed by atoms with E-state index in [2.05, 4.69) is 11.9 Å². The number of carboxylic acid groups (broad SMARTS) is 1. The molecule has 2 saturated heterocycles. The van der Waals surface area contributed by atoms with Crippen molar-refractivity contribution < 1.29 is 9.90 Å². The summed E-state index contributed by atoms with van der Waals surface area (Å²) in [5, 5.41) is 10.3. The van der Waals surface area contributed by atoms with Crippen LogP contribution in [0.4, 0.5) is 0 Å². The lowest BCUT2D eigenvalue weighted by Crippen LogP contribution is -2.48. The lowest BCUT2D eigenvalue weighted by atomic mass is 9.76. The molecule has 2 aliphatic rings. The molecule has 3 rings (SSSR count). The van der Waals surface area contributed by atoms with Crippen LogP contribution in [-0.2, 0) is 4.79 Å². The summed E-state index contributed by atoms with van der Waals surface area (Å²) < 4.78 is 0. The summed E-state index contributed by atoms with van der Waals surface area (Å²) in [6.07, 6.45) is 3.06. The maximum absolute atomic E-state index is 11.7. The van der Waals surface area contributed by atoms with E-state index in [4.69, 9.17) is 11.6 Å². The van der Waals surface area contributed by atoms with Crippen LogP contribution in [0.2, 0.25) is 5.02 Å². The van der Waals surface area contributed by atoms with Gasteiger partial charge in [0, 0.05) is 23.0 Å². The van der Waals surface area contributed by atoms with Crippen molar-refractivity contribution >= 4 is 17.6 Å². The van der Waals surface area contributed by atoms with Gasteiger partial charge in [-0.25, -0.2) is 0 Å². The number of fused-ring (bicyclic) bond motifs is 2. The van der Waals surface area contributed by atoms with Crippen molar-refractivity contribution in [3.05, 3.63) is 34.9 Å². The Balaban J connectivity index is 1.95. The van der Waals surface area contributed by atoms with Crippen molar-refractivity contribution in [1.29, 1.82) is 0 Å². The monoisotopic (exact) mass is 279 g/mol. The second kappa shape index (κ2) is 4.80. The fourth-order valence-electron chi connectivity index (χ4n) is 3.86. The van der Waals surface area contributed by atoms with E-state index in [1.165, 1.54) is 0 Å². The van der Waals surface area contributed by atoms with Gasteiger partial charge in [-0.1, -0.05) is 23.7 Å². The van der Waals surface area contributed by atoms with E-state index in [0.717, 1.165) is 24.8 Å². The van der Waals surface area contributed by atoms with Gasteiger partial charge < -0.3 is 5.11 Å². The number of rotatable bonds is 2. The Labute approximate surface area is 118 Å². The molecule has 2 heterocycles. The maximum atomic E-state index is 11.7. The topological polar surface area (TPSA) is 40.5 Å². The van der Waals surface area contributed by atoms with Crippen molar-refractivity contribution in [2.24, 2.45) is 5.92 Å². The SMILES string of the molecule is CN1C2CC[C@@H]1[C@H](C(=O)O)[C@@H](c1ccc(Cl)cc1)C2. The minimum Gasteiger partial charge on any atom is -0.481 e. The predicted octanol–water partition coefficient (Wildman–Crippen LogP) is 2.99. The van der Waals surface area contributed by atoms with Crippen molar-refractivity contribution in [2.75, 3.05) is 7.05 Å². The van der Waals surface area contributed by atoms with Crippen LogP contribution >= 0.6 is 11.6 Å². The third-order valence-corrected chi connectivity index (χ3v) is 5.10. The number of carboxylic acids is 1. The summed E-state index contributed by atoms with van der Waals surface area (Å²) in [5.41, 5.74) is 1.11. The number of piperidine rings is 1. The quantitative estimate of drug-likeness (QED) is 0.905. The van der Waals surface area contributed by atoms with Gasteiger partial charge in [-0.2, -0.15) is 0 Å². The van der Waals surface area contributed by atoms with Crippen LogP contribution in [0.5, 0.6) is 0 Å². The number of hydrogen-bond acceptors (Lipinski definition) is 2. The zero-order valence-electron chi connectivity index (χ0n) is 10.9. The summed E-state index contributed by atoms with van der Waals surface area (Å²) in [7, 11) is 2.07. The standard InChI is InChI=1S/C15H18ClNO2/c1-17-11-6-7-13(17)14(15(18)19)12(8-11)9-2-4-10(16)5-3-9/h2-5,11-14H,6-8H2,1H3,(H,18,19)/t11?,12-,13-,14-/m1/s1. The molecule has 3 nitrogen and oxygen atoms in total. The number of nitrogens with zero attached hydrogens (tertiary/aromatic N) is 1. The highest BCUT2D eigenvalue weighted by Crippen LogP contribution is 2.46. The lowest BCUT2D eigenvalue weighted by Gasteiger charge is -2.41.